The third kappa shape index (κ3) is 6.04. The summed E-state index contributed by atoms with van der Waals surface area (Å²) in [6.45, 7) is 2.62. The zero-order valence-corrected chi connectivity index (χ0v) is 19.7. The van der Waals surface area contributed by atoms with E-state index in [1.165, 1.54) is 0 Å². The van der Waals surface area contributed by atoms with Crippen LogP contribution < -0.4 is 4.74 Å². The lowest BCUT2D eigenvalue weighted by atomic mass is 9.73. The number of ether oxygens (including phenoxy) is 1. The average Bonchev–Trinajstić information content (AvgIpc) is 2.88. The fourth-order valence-corrected chi connectivity index (χ4v) is 4.35. The molecule has 0 amide bonds. The van der Waals surface area contributed by atoms with E-state index in [9.17, 15) is 15.3 Å². The molecular weight excluding hydrogens is 436 g/mol. The van der Waals surface area contributed by atoms with Gasteiger partial charge in [-0.3, -0.25) is 0 Å². The number of phenols is 3. The third-order valence-corrected chi connectivity index (χ3v) is 6.08. The van der Waals surface area contributed by atoms with Gasteiger partial charge < -0.3 is 20.1 Å². The van der Waals surface area contributed by atoms with E-state index < -0.39 is 0 Å². The fraction of sp³-hybridized carbons (Fsp3) is 0.161. The van der Waals surface area contributed by atoms with Crippen molar-refractivity contribution in [2.75, 3.05) is 6.61 Å². The lowest BCUT2D eigenvalue weighted by Crippen LogP contribution is -2.14. The molecule has 3 N–H and O–H groups in total. The Kier molecular flexibility index (Phi) is 7.74. The Hall–Kier alpha value is -4.18. The lowest BCUT2D eigenvalue weighted by molar-refractivity contribution is 0.362. The normalized spacial score (nSPS) is 12.2. The van der Waals surface area contributed by atoms with E-state index in [2.05, 4.69) is 25.1 Å². The van der Waals surface area contributed by atoms with Crippen molar-refractivity contribution >= 4 is 0 Å². The minimum absolute atomic E-state index is 0.0984. The molecule has 178 valence electrons. The van der Waals surface area contributed by atoms with E-state index in [1.807, 2.05) is 54.6 Å². The SMILES string of the molecule is CCC=CCOc1ccc(C(c2ccc(O)cc2)C(c2ccc(O)cc2)c2ccc(O)cc2)cc1. The lowest BCUT2D eigenvalue weighted by Gasteiger charge is -2.30. The van der Waals surface area contributed by atoms with Crippen LogP contribution in [0, 0.1) is 0 Å². The summed E-state index contributed by atoms with van der Waals surface area (Å²) in [5, 5.41) is 29.7. The molecule has 0 fully saturated rings. The molecular formula is C31H30O4. The van der Waals surface area contributed by atoms with Gasteiger partial charge in [-0.05, 0) is 77.2 Å². The van der Waals surface area contributed by atoms with Gasteiger partial charge in [-0.2, -0.15) is 0 Å². The number of rotatable bonds is 9. The number of hydrogen-bond donors (Lipinski definition) is 3. The van der Waals surface area contributed by atoms with Gasteiger partial charge in [0, 0.05) is 11.8 Å². The Bertz CT molecular complexity index is 1180. The maximum atomic E-state index is 9.92. The Morgan fingerprint density at radius 2 is 0.886 bits per heavy atom. The second kappa shape index (κ2) is 11.3. The van der Waals surface area contributed by atoms with Crippen molar-refractivity contribution in [3.05, 3.63) is 131 Å². The molecule has 0 saturated heterocycles. The summed E-state index contributed by atoms with van der Waals surface area (Å²) in [6.07, 6.45) is 5.07. The molecule has 0 spiro atoms. The van der Waals surface area contributed by atoms with Crippen LogP contribution in [-0.4, -0.2) is 21.9 Å². The Morgan fingerprint density at radius 3 is 1.23 bits per heavy atom. The first-order chi connectivity index (χ1) is 17.0. The van der Waals surface area contributed by atoms with E-state index >= 15 is 0 Å². The molecule has 4 rings (SSSR count). The second-order valence-corrected chi connectivity index (χ2v) is 8.49. The number of phenolic OH excluding ortho intramolecular Hbond substituents is 3. The van der Waals surface area contributed by atoms with Crippen LogP contribution in [0.5, 0.6) is 23.0 Å². The van der Waals surface area contributed by atoms with Crippen LogP contribution >= 0.6 is 0 Å². The standard InChI is InChI=1S/C31H30O4/c1-2-3-4-21-35-29-19-11-25(12-20-29)31(24-9-17-28(34)18-10-24)30(22-5-13-26(32)14-6-22)23-7-15-27(33)16-8-23/h3-20,30-34H,2,21H2,1H3. The van der Waals surface area contributed by atoms with Crippen LogP contribution in [0.1, 0.15) is 47.4 Å². The monoisotopic (exact) mass is 466 g/mol. The van der Waals surface area contributed by atoms with Gasteiger partial charge in [-0.25, -0.2) is 0 Å². The molecule has 1 atom stereocenters. The van der Waals surface area contributed by atoms with Crippen molar-refractivity contribution in [3.63, 3.8) is 0 Å². The number of hydrogen-bond acceptors (Lipinski definition) is 4. The summed E-state index contributed by atoms with van der Waals surface area (Å²) in [5.41, 5.74) is 4.17. The molecule has 0 radical (unpaired) electrons. The van der Waals surface area contributed by atoms with Gasteiger partial charge in [0.05, 0.1) is 0 Å². The highest BCUT2D eigenvalue weighted by Crippen LogP contribution is 2.44. The third-order valence-electron chi connectivity index (χ3n) is 6.08. The zero-order valence-electron chi connectivity index (χ0n) is 19.7. The highest BCUT2D eigenvalue weighted by Gasteiger charge is 2.28. The molecule has 0 saturated carbocycles. The van der Waals surface area contributed by atoms with Crippen LogP contribution in [0.2, 0.25) is 0 Å². The van der Waals surface area contributed by atoms with Gasteiger partial charge in [0.1, 0.15) is 29.6 Å². The molecule has 0 aliphatic rings. The van der Waals surface area contributed by atoms with Crippen molar-refractivity contribution in [2.45, 2.75) is 25.2 Å². The van der Waals surface area contributed by atoms with E-state index in [1.54, 1.807) is 36.4 Å². The molecule has 0 bridgehead atoms. The molecule has 4 nitrogen and oxygen atoms in total. The molecule has 4 aromatic carbocycles. The largest absolute Gasteiger partial charge is 0.508 e. The van der Waals surface area contributed by atoms with Crippen LogP contribution in [0.15, 0.2) is 109 Å². The Morgan fingerprint density at radius 1 is 0.543 bits per heavy atom. The van der Waals surface area contributed by atoms with Crippen LogP contribution in [0.25, 0.3) is 0 Å². The van der Waals surface area contributed by atoms with Crippen molar-refractivity contribution in [2.24, 2.45) is 0 Å². The van der Waals surface area contributed by atoms with Crippen molar-refractivity contribution in [3.8, 4) is 23.0 Å². The summed E-state index contributed by atoms with van der Waals surface area (Å²) in [4.78, 5) is 0. The molecule has 0 heterocycles. The van der Waals surface area contributed by atoms with E-state index in [0.717, 1.165) is 34.4 Å². The predicted octanol–water partition coefficient (Wildman–Crippen LogP) is 7.11. The summed E-state index contributed by atoms with van der Waals surface area (Å²) in [6, 6.07) is 29.9. The first-order valence-corrected chi connectivity index (χ1v) is 11.8. The maximum absolute atomic E-state index is 9.92. The molecule has 0 aliphatic heterocycles. The highest BCUT2D eigenvalue weighted by atomic mass is 16.5. The smallest absolute Gasteiger partial charge is 0.119 e. The van der Waals surface area contributed by atoms with Gasteiger partial charge >= 0.3 is 0 Å². The molecule has 1 unspecified atom stereocenters. The van der Waals surface area contributed by atoms with Crippen LogP contribution in [0.4, 0.5) is 0 Å². The Labute approximate surface area is 206 Å². The summed E-state index contributed by atoms with van der Waals surface area (Å²) >= 11 is 0. The summed E-state index contributed by atoms with van der Waals surface area (Å²) in [5.74, 6) is 1.21. The number of allylic oxidation sites excluding steroid dienone is 1. The number of aromatic hydroxyl groups is 3. The second-order valence-electron chi connectivity index (χ2n) is 8.49. The van der Waals surface area contributed by atoms with Gasteiger partial charge in [-0.1, -0.05) is 67.6 Å². The van der Waals surface area contributed by atoms with Gasteiger partial charge in [0.15, 0.2) is 0 Å². The topological polar surface area (TPSA) is 69.9 Å². The van der Waals surface area contributed by atoms with Gasteiger partial charge in [-0.15, -0.1) is 0 Å². The molecule has 4 heteroatoms. The summed E-state index contributed by atoms with van der Waals surface area (Å²) < 4.78 is 5.84. The maximum Gasteiger partial charge on any atom is 0.119 e. The van der Waals surface area contributed by atoms with Crippen molar-refractivity contribution in [1.82, 2.24) is 0 Å². The fourth-order valence-electron chi connectivity index (χ4n) is 4.35. The quantitative estimate of drug-likeness (QED) is 0.230. The van der Waals surface area contributed by atoms with Crippen molar-refractivity contribution in [1.29, 1.82) is 0 Å². The van der Waals surface area contributed by atoms with E-state index in [-0.39, 0.29) is 29.1 Å². The van der Waals surface area contributed by atoms with Crippen LogP contribution in [0.3, 0.4) is 0 Å². The molecule has 0 aliphatic carbocycles. The van der Waals surface area contributed by atoms with Crippen molar-refractivity contribution < 1.29 is 20.1 Å². The first-order valence-electron chi connectivity index (χ1n) is 11.8. The van der Waals surface area contributed by atoms with E-state index in [4.69, 9.17) is 4.74 Å². The van der Waals surface area contributed by atoms with Crippen LogP contribution in [-0.2, 0) is 0 Å². The minimum atomic E-state index is -0.111. The number of benzene rings is 4. The molecule has 35 heavy (non-hydrogen) atoms. The highest BCUT2D eigenvalue weighted by molar-refractivity contribution is 5.48. The molecule has 4 aromatic rings. The average molecular weight is 467 g/mol. The van der Waals surface area contributed by atoms with Gasteiger partial charge in [0.2, 0.25) is 0 Å². The Balaban J connectivity index is 1.80. The predicted molar refractivity (Wildman–Crippen MR) is 139 cm³/mol. The van der Waals surface area contributed by atoms with Gasteiger partial charge in [0.25, 0.3) is 0 Å². The minimum Gasteiger partial charge on any atom is -0.508 e. The zero-order chi connectivity index (χ0) is 24.6. The van der Waals surface area contributed by atoms with E-state index in [0.29, 0.717) is 6.61 Å². The summed E-state index contributed by atoms with van der Waals surface area (Å²) in [7, 11) is 0. The molecule has 0 aromatic heterocycles. The first kappa shape index (κ1) is 24.0.